The number of nitrogens with zero attached hydrogens (tertiary/aromatic N) is 3. The molecule has 0 aliphatic carbocycles. The topological polar surface area (TPSA) is 37.7 Å². The number of halogens is 2. The van der Waals surface area contributed by atoms with Crippen LogP contribution in [0.25, 0.3) is 0 Å². The van der Waals surface area contributed by atoms with E-state index in [1.54, 1.807) is 23.3 Å². The standard InChI is InChI=1S/C10H9FIN3O/c11-10(4-16-5-10)8-1-2-13-9(3-8)15-7-12-6-14-15/h1-3,6-7H,4-5H2. The highest BCUT2D eigenvalue weighted by atomic mass is 127. The minimum Gasteiger partial charge on any atom is -0.374 e. The van der Waals surface area contributed by atoms with Gasteiger partial charge >= 0.3 is 0 Å². The van der Waals surface area contributed by atoms with Crippen LogP contribution < -0.4 is 5.01 Å². The Kier molecular flexibility index (Phi) is 2.47. The number of rotatable bonds is 2. The highest BCUT2D eigenvalue weighted by molar-refractivity contribution is 14.2. The average molecular weight is 333 g/mol. The summed E-state index contributed by atoms with van der Waals surface area (Å²) in [4.78, 5) is 4.18. The van der Waals surface area contributed by atoms with Crippen molar-refractivity contribution in [2.45, 2.75) is 5.67 Å². The molecular weight excluding hydrogens is 324 g/mol. The fraction of sp³-hybridized carbons (Fsp3) is 0.300. The molecule has 3 rings (SSSR count). The predicted molar refractivity (Wildman–Crippen MR) is 68.9 cm³/mol. The first-order valence-corrected chi connectivity index (χ1v) is 7.27. The Morgan fingerprint density at radius 2 is 2.38 bits per heavy atom. The molecule has 1 aromatic heterocycles. The van der Waals surface area contributed by atoms with E-state index in [9.17, 15) is 4.39 Å². The summed E-state index contributed by atoms with van der Waals surface area (Å²) >= 11 is -0.101. The van der Waals surface area contributed by atoms with Crippen molar-refractivity contribution in [1.82, 2.24) is 4.98 Å². The fourth-order valence-electron chi connectivity index (χ4n) is 1.56. The molecule has 0 atom stereocenters. The molecule has 84 valence electrons. The molecule has 1 fully saturated rings. The molecule has 1 saturated heterocycles. The van der Waals surface area contributed by atoms with Crippen LogP contribution >= 0.6 is 20.7 Å². The summed E-state index contributed by atoms with van der Waals surface area (Å²) in [5.74, 6) is 0.676. The highest BCUT2D eigenvalue weighted by Crippen LogP contribution is 2.34. The number of aromatic nitrogens is 1. The average Bonchev–Trinajstić information content (AvgIpc) is 2.79. The van der Waals surface area contributed by atoms with Gasteiger partial charge in [0.2, 0.25) is 0 Å². The monoisotopic (exact) mass is 333 g/mol. The number of hydrogen-bond donors (Lipinski definition) is 0. The zero-order valence-corrected chi connectivity index (χ0v) is 10.5. The van der Waals surface area contributed by atoms with Crippen molar-refractivity contribution in [3.8, 4) is 0 Å². The predicted octanol–water partition coefficient (Wildman–Crippen LogP) is 1.77. The van der Waals surface area contributed by atoms with Crippen molar-refractivity contribution in [3.63, 3.8) is 0 Å². The van der Waals surface area contributed by atoms with Crippen molar-refractivity contribution >= 4 is 34.9 Å². The molecule has 0 aromatic carbocycles. The van der Waals surface area contributed by atoms with Gasteiger partial charge in [-0.1, -0.05) is 20.7 Å². The number of alkyl halides is 1. The van der Waals surface area contributed by atoms with Crippen molar-refractivity contribution in [2.75, 3.05) is 18.2 Å². The number of pyridine rings is 1. The molecule has 0 saturated carbocycles. The normalized spacial score (nSPS) is 21.7. The van der Waals surface area contributed by atoms with E-state index in [2.05, 4.69) is 10.1 Å². The number of anilines is 1. The van der Waals surface area contributed by atoms with Crippen LogP contribution in [0.4, 0.5) is 10.2 Å². The minimum atomic E-state index is -1.34. The summed E-state index contributed by atoms with van der Waals surface area (Å²) < 4.78 is 22.9. The number of hydrogen-bond acceptors (Lipinski definition) is 4. The first kappa shape index (κ1) is 10.3. The van der Waals surface area contributed by atoms with E-state index in [-0.39, 0.29) is 33.9 Å². The van der Waals surface area contributed by atoms with Gasteiger partial charge in [-0.2, -0.15) is 5.10 Å². The fourth-order valence-corrected chi connectivity index (χ4v) is 2.85. The van der Waals surface area contributed by atoms with E-state index >= 15 is 0 Å². The van der Waals surface area contributed by atoms with E-state index in [0.29, 0.717) is 11.4 Å². The van der Waals surface area contributed by atoms with Gasteiger partial charge in [-0.05, 0) is 17.7 Å². The van der Waals surface area contributed by atoms with Crippen LogP contribution in [0.2, 0.25) is 0 Å². The summed E-state index contributed by atoms with van der Waals surface area (Å²) in [6.07, 6.45) is 1.62. The van der Waals surface area contributed by atoms with E-state index in [1.165, 1.54) is 0 Å². The highest BCUT2D eigenvalue weighted by Gasteiger charge is 2.41. The maximum absolute atomic E-state index is 14.1. The Hall–Kier alpha value is -0.890. The quantitative estimate of drug-likeness (QED) is 0.775. The van der Waals surface area contributed by atoms with Crippen LogP contribution in [0, 0.1) is 0 Å². The SMILES string of the molecule is FC1(c2ccnc(N3C=IC=N3)c2)COC1. The van der Waals surface area contributed by atoms with Crippen molar-refractivity contribution in [2.24, 2.45) is 5.10 Å². The summed E-state index contributed by atoms with van der Waals surface area (Å²) in [6, 6.07) is 3.44. The molecule has 0 amide bonds. The maximum atomic E-state index is 14.1. The lowest BCUT2D eigenvalue weighted by atomic mass is 9.95. The zero-order chi connectivity index (χ0) is 11.0. The summed E-state index contributed by atoms with van der Waals surface area (Å²) in [6.45, 7) is 0.271. The second kappa shape index (κ2) is 3.85. The number of ether oxygens (including phenoxy) is 1. The molecule has 3 heterocycles. The van der Waals surface area contributed by atoms with Crippen LogP contribution in [0.1, 0.15) is 5.56 Å². The molecule has 0 bridgehead atoms. The van der Waals surface area contributed by atoms with Crippen molar-refractivity contribution in [3.05, 3.63) is 23.9 Å². The van der Waals surface area contributed by atoms with Crippen LogP contribution in [-0.2, 0) is 10.4 Å². The summed E-state index contributed by atoms with van der Waals surface area (Å²) in [7, 11) is 0. The molecule has 4 nitrogen and oxygen atoms in total. The molecular formula is C10H9FIN3O. The zero-order valence-electron chi connectivity index (χ0n) is 8.31. The van der Waals surface area contributed by atoms with Crippen LogP contribution in [0.15, 0.2) is 23.4 Å². The van der Waals surface area contributed by atoms with Gasteiger partial charge in [0.25, 0.3) is 0 Å². The Labute approximate surface area is 102 Å². The molecule has 0 unspecified atom stereocenters. The Balaban J connectivity index is 1.93. The molecule has 1 aromatic rings. The molecule has 6 heteroatoms. The number of hydrazone groups is 1. The van der Waals surface area contributed by atoms with Gasteiger partial charge in [0.15, 0.2) is 11.5 Å². The third kappa shape index (κ3) is 1.65. The third-order valence-corrected chi connectivity index (χ3v) is 3.95. The van der Waals surface area contributed by atoms with E-state index < -0.39 is 5.67 Å². The van der Waals surface area contributed by atoms with Crippen LogP contribution in [-0.4, -0.2) is 26.6 Å². The van der Waals surface area contributed by atoms with E-state index in [1.807, 2.05) is 8.36 Å². The van der Waals surface area contributed by atoms with Crippen LogP contribution in [0.5, 0.6) is 0 Å². The Morgan fingerprint density at radius 1 is 1.50 bits per heavy atom. The summed E-state index contributed by atoms with van der Waals surface area (Å²) in [5.41, 5.74) is -0.714. The molecule has 0 radical (unpaired) electrons. The first-order valence-electron chi connectivity index (χ1n) is 4.78. The lowest BCUT2D eigenvalue weighted by Crippen LogP contribution is -2.42. The molecule has 0 N–H and O–H groups in total. The van der Waals surface area contributed by atoms with Gasteiger partial charge < -0.3 is 4.74 Å². The lowest BCUT2D eigenvalue weighted by Gasteiger charge is -2.34. The van der Waals surface area contributed by atoms with Crippen LogP contribution in [0.3, 0.4) is 0 Å². The Morgan fingerprint density at radius 3 is 3.00 bits per heavy atom. The smallest absolute Gasteiger partial charge is 0.182 e. The molecule has 16 heavy (non-hydrogen) atoms. The molecule has 0 spiro atoms. The molecule has 2 aliphatic heterocycles. The van der Waals surface area contributed by atoms with Gasteiger partial charge in [0, 0.05) is 6.20 Å². The third-order valence-electron chi connectivity index (χ3n) is 2.53. The van der Waals surface area contributed by atoms with Gasteiger partial charge in [0.1, 0.15) is 0 Å². The maximum Gasteiger partial charge on any atom is 0.182 e. The second-order valence-electron chi connectivity index (χ2n) is 3.64. The van der Waals surface area contributed by atoms with Gasteiger partial charge in [-0.15, -0.1) is 0 Å². The first-order chi connectivity index (χ1) is 7.78. The lowest BCUT2D eigenvalue weighted by molar-refractivity contribution is -0.135. The largest absolute Gasteiger partial charge is 0.374 e. The van der Waals surface area contributed by atoms with Gasteiger partial charge in [-0.3, -0.25) is 0 Å². The van der Waals surface area contributed by atoms with Crippen molar-refractivity contribution < 1.29 is 9.13 Å². The summed E-state index contributed by atoms with van der Waals surface area (Å²) in [5, 5.41) is 5.87. The van der Waals surface area contributed by atoms with E-state index in [0.717, 1.165) is 0 Å². The van der Waals surface area contributed by atoms with Gasteiger partial charge in [-0.25, -0.2) is 14.4 Å². The van der Waals surface area contributed by atoms with Gasteiger partial charge in [0.05, 0.1) is 21.6 Å². The Bertz CT molecular complexity index is 461. The molecule has 2 aliphatic rings. The second-order valence-corrected chi connectivity index (χ2v) is 5.48. The van der Waals surface area contributed by atoms with Crippen molar-refractivity contribution in [1.29, 1.82) is 0 Å². The van der Waals surface area contributed by atoms with E-state index in [4.69, 9.17) is 4.74 Å². The minimum absolute atomic E-state index is 0.101.